The Hall–Kier alpha value is -7.19. The van der Waals surface area contributed by atoms with Crippen LogP contribution in [0.15, 0.2) is 47.5 Å². The van der Waals surface area contributed by atoms with Crippen molar-refractivity contribution in [2.75, 3.05) is 19.6 Å². The number of rotatable bonds is 20. The molecule has 0 spiro atoms. The van der Waals surface area contributed by atoms with Gasteiger partial charge in [0.2, 0.25) is 35.2 Å². The maximum Gasteiger partial charge on any atom is 0.322 e. The molecule has 5 amide bonds. The SMILES string of the molecule is NC(N)=NCCC[C@H](NC(=O)[C@H](CCC(=O)O)NC(=O)c1ccc2c(c1)C(=O)C(=O)c1ccccc1-2)C(=O)N1CCC[C@H]1C(=O)N[C@@H](CCC(=O)O)C(=O)NCC(=O)O. The van der Waals surface area contributed by atoms with E-state index in [4.69, 9.17) is 21.7 Å². The van der Waals surface area contributed by atoms with Gasteiger partial charge >= 0.3 is 17.9 Å². The van der Waals surface area contributed by atoms with Gasteiger partial charge in [-0.2, -0.15) is 0 Å². The van der Waals surface area contributed by atoms with E-state index in [1.54, 1.807) is 18.2 Å². The number of aliphatic imine (C=N–C) groups is 1. The van der Waals surface area contributed by atoms with Crippen LogP contribution < -0.4 is 32.7 Å². The molecule has 1 saturated heterocycles. The molecule has 0 unspecified atom stereocenters. The third-order valence-electron chi connectivity index (χ3n) is 9.56. The van der Waals surface area contributed by atoms with E-state index in [2.05, 4.69) is 26.3 Å². The molecular weight excluding hydrogens is 776 g/mol. The number of carbonyl (C=O) groups is 10. The highest BCUT2D eigenvalue weighted by atomic mass is 16.4. The largest absolute Gasteiger partial charge is 0.481 e. The Balaban J connectivity index is 1.56. The normalized spacial score (nSPS) is 15.7. The summed E-state index contributed by atoms with van der Waals surface area (Å²) in [5.41, 5.74) is 11.8. The summed E-state index contributed by atoms with van der Waals surface area (Å²) in [6, 6.07) is 4.91. The molecule has 314 valence electrons. The van der Waals surface area contributed by atoms with Crippen LogP contribution >= 0.6 is 0 Å². The standard InChI is InChI=1S/C38H44N8O13/c39-38(40)41-15-3-7-26(37(59)46-16-4-8-27(46)36(58)44-24(11-13-28(47)48)34(56)42-18-30(51)52)45-35(57)25(12-14-29(49)50)43-33(55)19-9-10-21-20-5-1-2-6-22(20)31(53)32(54)23(21)17-19/h1-2,5-6,9-10,17,24-27H,3-4,7-8,11-16,18H2,(H,42,56)(H,43,55)(H,44,58)(H,45,57)(H,47,48)(H,49,50)(H,51,52)(H4,39,40,41)/t24-,25-,26-,27-/m0/s1. The van der Waals surface area contributed by atoms with E-state index in [9.17, 15) is 53.1 Å². The number of amides is 5. The molecule has 0 aromatic heterocycles. The number of nitrogens with zero attached hydrogens (tertiary/aromatic N) is 2. The Kier molecular flexibility index (Phi) is 15.3. The number of ketones is 2. The van der Waals surface area contributed by atoms with Crippen molar-refractivity contribution in [3.05, 3.63) is 59.2 Å². The van der Waals surface area contributed by atoms with E-state index >= 15 is 0 Å². The number of hydrogen-bond donors (Lipinski definition) is 9. The molecule has 21 nitrogen and oxygen atoms in total. The van der Waals surface area contributed by atoms with Crippen LogP contribution in [0.3, 0.4) is 0 Å². The Morgan fingerprint density at radius 1 is 0.729 bits per heavy atom. The highest BCUT2D eigenvalue weighted by Gasteiger charge is 2.40. The fraction of sp³-hybridized carbons (Fsp3) is 0.395. The summed E-state index contributed by atoms with van der Waals surface area (Å²) in [4.78, 5) is 132. The molecule has 1 aliphatic heterocycles. The average Bonchev–Trinajstić information content (AvgIpc) is 3.70. The molecule has 59 heavy (non-hydrogen) atoms. The van der Waals surface area contributed by atoms with Crippen molar-refractivity contribution in [1.29, 1.82) is 0 Å². The molecule has 4 atom stereocenters. The van der Waals surface area contributed by atoms with Crippen LogP contribution in [0, 0.1) is 0 Å². The van der Waals surface area contributed by atoms with Gasteiger partial charge in [-0.25, -0.2) is 0 Å². The lowest BCUT2D eigenvalue weighted by Gasteiger charge is -2.30. The van der Waals surface area contributed by atoms with Gasteiger partial charge in [0.1, 0.15) is 30.7 Å². The first kappa shape index (κ1) is 44.5. The van der Waals surface area contributed by atoms with Gasteiger partial charge in [-0.3, -0.25) is 52.9 Å². The number of guanidine groups is 1. The third kappa shape index (κ3) is 11.9. The first-order valence-electron chi connectivity index (χ1n) is 18.5. The van der Waals surface area contributed by atoms with Crippen LogP contribution in [0.2, 0.25) is 0 Å². The van der Waals surface area contributed by atoms with Crippen LogP contribution in [-0.4, -0.2) is 129 Å². The molecule has 2 aromatic carbocycles. The van der Waals surface area contributed by atoms with Crippen molar-refractivity contribution in [3.8, 4) is 11.1 Å². The van der Waals surface area contributed by atoms with Crippen molar-refractivity contribution in [2.45, 2.75) is 75.5 Å². The monoisotopic (exact) mass is 820 g/mol. The molecule has 1 heterocycles. The second-order valence-corrected chi connectivity index (χ2v) is 13.7. The van der Waals surface area contributed by atoms with Crippen LogP contribution in [0.4, 0.5) is 0 Å². The molecule has 0 saturated carbocycles. The van der Waals surface area contributed by atoms with E-state index in [1.807, 2.05) is 0 Å². The maximum atomic E-state index is 14.1. The molecule has 1 fully saturated rings. The molecular formula is C38H44N8O13. The molecule has 21 heteroatoms. The summed E-state index contributed by atoms with van der Waals surface area (Å²) in [6.07, 6.45) is -1.55. The van der Waals surface area contributed by atoms with Crippen molar-refractivity contribution in [3.63, 3.8) is 0 Å². The smallest absolute Gasteiger partial charge is 0.322 e. The maximum absolute atomic E-state index is 14.1. The average molecular weight is 821 g/mol. The highest BCUT2D eigenvalue weighted by molar-refractivity contribution is 6.53. The zero-order valence-electron chi connectivity index (χ0n) is 31.6. The van der Waals surface area contributed by atoms with Crippen molar-refractivity contribution < 1.29 is 63.3 Å². The number of carbonyl (C=O) groups excluding carboxylic acids is 7. The topological polar surface area (TPSA) is 347 Å². The van der Waals surface area contributed by atoms with E-state index in [0.29, 0.717) is 17.5 Å². The van der Waals surface area contributed by atoms with Crippen molar-refractivity contribution in [2.24, 2.45) is 16.5 Å². The predicted octanol–water partition coefficient (Wildman–Crippen LogP) is -1.22. The summed E-state index contributed by atoms with van der Waals surface area (Å²) in [5, 5.41) is 37.0. The van der Waals surface area contributed by atoms with Gasteiger partial charge in [0.15, 0.2) is 5.96 Å². The van der Waals surface area contributed by atoms with Gasteiger partial charge in [0.05, 0.1) is 0 Å². The Morgan fingerprint density at radius 2 is 1.34 bits per heavy atom. The van der Waals surface area contributed by atoms with Crippen LogP contribution in [-0.2, 0) is 33.6 Å². The summed E-state index contributed by atoms with van der Waals surface area (Å²) in [6.45, 7) is -0.762. The Morgan fingerprint density at radius 3 is 1.97 bits per heavy atom. The lowest BCUT2D eigenvalue weighted by molar-refractivity contribution is -0.143. The molecule has 1 aliphatic carbocycles. The van der Waals surface area contributed by atoms with Gasteiger partial charge in [0.25, 0.3) is 5.91 Å². The van der Waals surface area contributed by atoms with E-state index in [1.165, 1.54) is 24.3 Å². The van der Waals surface area contributed by atoms with Gasteiger partial charge in [-0.15, -0.1) is 0 Å². The fourth-order valence-electron chi connectivity index (χ4n) is 6.67. The Bertz CT molecular complexity index is 2070. The summed E-state index contributed by atoms with van der Waals surface area (Å²) < 4.78 is 0. The lowest BCUT2D eigenvalue weighted by Crippen LogP contribution is -2.58. The van der Waals surface area contributed by atoms with Crippen molar-refractivity contribution >= 4 is 65.0 Å². The number of Topliss-reactive ketones (excluding diaryl/α,β-unsaturated/α-hetero) is 2. The minimum Gasteiger partial charge on any atom is -0.481 e. The molecule has 2 aromatic rings. The Labute approximate surface area is 335 Å². The van der Waals surface area contributed by atoms with Gasteiger partial charge in [0, 0.05) is 42.6 Å². The summed E-state index contributed by atoms with van der Waals surface area (Å²) >= 11 is 0. The number of likely N-dealkylation sites (tertiary alicyclic amines) is 1. The van der Waals surface area contributed by atoms with Gasteiger partial charge < -0.3 is 53.0 Å². The minimum absolute atomic E-state index is 0.0192. The predicted molar refractivity (Wildman–Crippen MR) is 205 cm³/mol. The van der Waals surface area contributed by atoms with E-state index in [0.717, 1.165) is 4.90 Å². The second kappa shape index (κ2) is 20.3. The van der Waals surface area contributed by atoms with Gasteiger partial charge in [-0.05, 0) is 61.8 Å². The quantitative estimate of drug-likeness (QED) is 0.0327. The molecule has 0 radical (unpaired) electrons. The summed E-state index contributed by atoms with van der Waals surface area (Å²) in [5.74, 6) is -10.3. The lowest BCUT2D eigenvalue weighted by atomic mass is 9.83. The number of hydrogen-bond acceptors (Lipinski definition) is 11. The van der Waals surface area contributed by atoms with E-state index < -0.39 is 115 Å². The van der Waals surface area contributed by atoms with E-state index in [-0.39, 0.29) is 55.0 Å². The van der Waals surface area contributed by atoms with Crippen LogP contribution in [0.5, 0.6) is 0 Å². The number of nitrogens with one attached hydrogen (secondary N) is 4. The minimum atomic E-state index is -1.54. The molecule has 0 bridgehead atoms. The van der Waals surface area contributed by atoms with Crippen LogP contribution in [0.1, 0.15) is 82.4 Å². The second-order valence-electron chi connectivity index (χ2n) is 13.7. The number of carboxylic acid groups (broad SMARTS) is 3. The number of nitrogens with two attached hydrogens (primary N) is 2. The van der Waals surface area contributed by atoms with Crippen molar-refractivity contribution in [1.82, 2.24) is 26.2 Å². The van der Waals surface area contributed by atoms with Gasteiger partial charge in [-0.1, -0.05) is 30.3 Å². The fourth-order valence-corrected chi connectivity index (χ4v) is 6.67. The summed E-state index contributed by atoms with van der Waals surface area (Å²) in [7, 11) is 0. The zero-order chi connectivity index (χ0) is 43.4. The number of aliphatic carboxylic acids is 3. The first-order chi connectivity index (χ1) is 28.0. The number of carboxylic acids is 3. The number of benzene rings is 2. The molecule has 2 aliphatic rings. The number of fused-ring (bicyclic) bond motifs is 3. The highest BCUT2D eigenvalue weighted by Crippen LogP contribution is 2.34. The first-order valence-corrected chi connectivity index (χ1v) is 18.5. The molecule has 11 N–H and O–H groups in total. The van der Waals surface area contributed by atoms with Crippen LogP contribution in [0.25, 0.3) is 11.1 Å². The third-order valence-corrected chi connectivity index (χ3v) is 9.56. The molecule has 4 rings (SSSR count). The zero-order valence-corrected chi connectivity index (χ0v) is 31.6.